The van der Waals surface area contributed by atoms with E-state index in [9.17, 15) is 8.78 Å². The van der Waals surface area contributed by atoms with Crippen molar-refractivity contribution in [3.05, 3.63) is 18.1 Å². The predicted molar refractivity (Wildman–Crippen MR) is 100 cm³/mol. The van der Waals surface area contributed by atoms with Gasteiger partial charge in [-0.3, -0.25) is 0 Å². The van der Waals surface area contributed by atoms with Crippen molar-refractivity contribution in [1.29, 1.82) is 0 Å². The minimum Gasteiger partial charge on any atom is -0.463 e. The summed E-state index contributed by atoms with van der Waals surface area (Å²) in [5.41, 5.74) is 0.785. The Morgan fingerprint density at radius 3 is 2.66 bits per heavy atom. The van der Waals surface area contributed by atoms with E-state index in [1.807, 2.05) is 20.8 Å². The summed E-state index contributed by atoms with van der Waals surface area (Å²) < 4.78 is 40.5. The molecule has 1 saturated heterocycles. The zero-order valence-electron chi connectivity index (χ0n) is 16.8. The number of fused-ring (bicyclic) bond motifs is 1. The first-order chi connectivity index (χ1) is 13.6. The van der Waals surface area contributed by atoms with Crippen LogP contribution in [0.5, 0.6) is 6.01 Å². The molecule has 4 rings (SSSR count). The van der Waals surface area contributed by atoms with Crippen molar-refractivity contribution in [3.8, 4) is 6.01 Å². The minimum absolute atomic E-state index is 0.110. The highest BCUT2D eigenvalue weighted by Crippen LogP contribution is 2.34. The van der Waals surface area contributed by atoms with E-state index in [2.05, 4.69) is 25.1 Å². The third-order valence-corrected chi connectivity index (χ3v) is 4.40. The van der Waals surface area contributed by atoms with Crippen molar-refractivity contribution in [3.63, 3.8) is 0 Å². The van der Waals surface area contributed by atoms with E-state index in [0.29, 0.717) is 35.4 Å². The molecule has 3 aromatic rings. The van der Waals surface area contributed by atoms with Crippen LogP contribution in [0.4, 0.5) is 14.6 Å². The van der Waals surface area contributed by atoms with Crippen LogP contribution in [0.3, 0.4) is 0 Å². The second kappa shape index (κ2) is 6.89. The molecule has 1 fully saturated rings. The lowest BCUT2D eigenvalue weighted by molar-refractivity contribution is 0.0257. The fourth-order valence-electron chi connectivity index (χ4n) is 3.06. The van der Waals surface area contributed by atoms with E-state index < -0.39 is 12.5 Å². The number of hydrogen-bond acceptors (Lipinski definition) is 8. The van der Waals surface area contributed by atoms with Crippen LogP contribution in [-0.2, 0) is 6.54 Å². The third-order valence-electron chi connectivity index (χ3n) is 4.40. The first-order valence-corrected chi connectivity index (χ1v) is 9.37. The second-order valence-corrected chi connectivity index (χ2v) is 8.47. The Kier molecular flexibility index (Phi) is 4.62. The number of alkyl halides is 2. The number of ether oxygens (including phenoxy) is 1. The molecule has 0 bridgehead atoms. The van der Waals surface area contributed by atoms with Gasteiger partial charge < -0.3 is 18.6 Å². The molecular formula is C18H23F2N7O2. The maximum absolute atomic E-state index is 13.8. The Balaban J connectivity index is 1.74. The van der Waals surface area contributed by atoms with Crippen LogP contribution in [0.15, 0.2) is 10.7 Å². The van der Waals surface area contributed by atoms with Crippen LogP contribution in [0.25, 0.3) is 11.2 Å². The fraction of sp³-hybridized carbons (Fsp3) is 0.611. The molecule has 11 heteroatoms. The summed E-state index contributed by atoms with van der Waals surface area (Å²) in [5.74, 6) is -1.57. The highest BCUT2D eigenvalue weighted by atomic mass is 19.3. The Hall–Kier alpha value is -2.85. The number of aromatic nitrogens is 6. The molecule has 0 amide bonds. The Morgan fingerprint density at radius 2 is 2.03 bits per heavy atom. The molecule has 9 nitrogen and oxygen atoms in total. The number of rotatable bonds is 5. The van der Waals surface area contributed by atoms with Gasteiger partial charge in [-0.2, -0.15) is 9.97 Å². The largest absolute Gasteiger partial charge is 0.463 e. The van der Waals surface area contributed by atoms with Gasteiger partial charge in [0, 0.05) is 19.9 Å². The van der Waals surface area contributed by atoms with E-state index in [-0.39, 0.29) is 30.9 Å². The maximum atomic E-state index is 13.8. The average Bonchev–Trinajstić information content (AvgIpc) is 3.31. The highest BCUT2D eigenvalue weighted by molar-refractivity contribution is 5.84. The lowest BCUT2D eigenvalue weighted by atomic mass is 9.99. The van der Waals surface area contributed by atoms with Crippen LogP contribution in [-0.4, -0.2) is 55.3 Å². The molecule has 0 saturated carbocycles. The van der Waals surface area contributed by atoms with E-state index >= 15 is 0 Å². The monoisotopic (exact) mass is 407 g/mol. The molecule has 0 N–H and O–H groups in total. The van der Waals surface area contributed by atoms with Crippen molar-refractivity contribution in [2.45, 2.75) is 46.6 Å². The number of anilines is 1. The molecule has 0 aromatic carbocycles. The summed E-state index contributed by atoms with van der Waals surface area (Å²) in [6.45, 7) is 8.19. The van der Waals surface area contributed by atoms with Gasteiger partial charge in [0.25, 0.3) is 5.92 Å². The molecule has 3 aromatic heterocycles. The molecule has 1 aliphatic heterocycles. The third kappa shape index (κ3) is 4.28. The minimum atomic E-state index is -2.76. The van der Waals surface area contributed by atoms with Gasteiger partial charge >= 0.3 is 6.01 Å². The van der Waals surface area contributed by atoms with E-state index in [0.717, 1.165) is 0 Å². The maximum Gasteiger partial charge on any atom is 0.320 e. The first kappa shape index (κ1) is 19.5. The molecule has 29 heavy (non-hydrogen) atoms. The lowest BCUT2D eigenvalue weighted by Crippen LogP contribution is -2.26. The van der Waals surface area contributed by atoms with Crippen LogP contribution < -0.4 is 9.64 Å². The molecule has 1 aliphatic rings. The van der Waals surface area contributed by atoms with Crippen molar-refractivity contribution < 1.29 is 17.9 Å². The van der Waals surface area contributed by atoms with E-state index in [1.54, 1.807) is 17.8 Å². The number of hydrogen-bond donors (Lipinski definition) is 0. The first-order valence-electron chi connectivity index (χ1n) is 9.37. The topological polar surface area (TPSA) is 95.0 Å². The van der Waals surface area contributed by atoms with Crippen molar-refractivity contribution in [1.82, 2.24) is 29.7 Å². The summed E-state index contributed by atoms with van der Waals surface area (Å²) in [6, 6.07) is 0.126. The van der Waals surface area contributed by atoms with Crippen LogP contribution in [0, 0.1) is 12.3 Å². The van der Waals surface area contributed by atoms with Crippen molar-refractivity contribution in [2.24, 2.45) is 5.41 Å². The van der Waals surface area contributed by atoms with Crippen molar-refractivity contribution in [2.75, 3.05) is 24.6 Å². The van der Waals surface area contributed by atoms with Gasteiger partial charge in [0.1, 0.15) is 6.54 Å². The Morgan fingerprint density at radius 1 is 1.24 bits per heavy atom. The van der Waals surface area contributed by atoms with Gasteiger partial charge in [-0.1, -0.05) is 20.8 Å². The van der Waals surface area contributed by atoms with Crippen LogP contribution in [0.2, 0.25) is 0 Å². The van der Waals surface area contributed by atoms with Crippen LogP contribution in [0.1, 0.15) is 39.0 Å². The SMILES string of the molecule is Cc1nnc(Cn2cnc3c(N4CCC(F)(F)C4)nc(OCC(C)(C)C)nc32)o1. The van der Waals surface area contributed by atoms with Gasteiger partial charge in [0.2, 0.25) is 11.8 Å². The van der Waals surface area contributed by atoms with Gasteiger partial charge in [-0.15, -0.1) is 10.2 Å². The number of nitrogens with zero attached hydrogens (tertiary/aromatic N) is 7. The van der Waals surface area contributed by atoms with Crippen LogP contribution >= 0.6 is 0 Å². The molecule has 0 spiro atoms. The zero-order valence-corrected chi connectivity index (χ0v) is 16.8. The molecule has 0 radical (unpaired) electrons. The molecule has 0 unspecified atom stereocenters. The lowest BCUT2D eigenvalue weighted by Gasteiger charge is -2.20. The summed E-state index contributed by atoms with van der Waals surface area (Å²) in [6.07, 6.45) is 1.34. The molecular weight excluding hydrogens is 384 g/mol. The predicted octanol–water partition coefficient (Wildman–Crippen LogP) is 2.84. The average molecular weight is 407 g/mol. The summed E-state index contributed by atoms with van der Waals surface area (Å²) in [7, 11) is 0. The number of aryl methyl sites for hydroxylation is 1. The number of imidazole rings is 1. The zero-order chi connectivity index (χ0) is 20.8. The van der Waals surface area contributed by atoms with E-state index in [1.165, 1.54) is 4.90 Å². The summed E-state index contributed by atoms with van der Waals surface area (Å²) in [4.78, 5) is 14.8. The van der Waals surface area contributed by atoms with Gasteiger partial charge in [0.05, 0.1) is 19.5 Å². The Labute approximate surface area is 166 Å². The highest BCUT2D eigenvalue weighted by Gasteiger charge is 2.40. The fourth-order valence-corrected chi connectivity index (χ4v) is 3.06. The van der Waals surface area contributed by atoms with Crippen molar-refractivity contribution >= 4 is 17.0 Å². The van der Waals surface area contributed by atoms with Gasteiger partial charge in [-0.05, 0) is 5.41 Å². The molecule has 0 aliphatic carbocycles. The van der Waals surface area contributed by atoms with E-state index in [4.69, 9.17) is 9.15 Å². The normalized spacial score (nSPS) is 16.7. The summed E-state index contributed by atoms with van der Waals surface area (Å²) >= 11 is 0. The number of halogens is 2. The smallest absolute Gasteiger partial charge is 0.320 e. The Bertz CT molecular complexity index is 1030. The second-order valence-electron chi connectivity index (χ2n) is 8.47. The quantitative estimate of drug-likeness (QED) is 0.637. The molecule has 4 heterocycles. The standard InChI is InChI=1S/C18H23F2N7O2/c1-11-24-25-12(29-11)7-27-10-21-13-14(26-6-5-18(19,20)8-26)22-16(23-15(13)27)28-9-17(2,3)4/h10H,5-9H2,1-4H3. The molecule has 0 atom stereocenters. The molecule has 156 valence electrons. The summed E-state index contributed by atoms with van der Waals surface area (Å²) in [5, 5.41) is 7.81. The van der Waals surface area contributed by atoms with Gasteiger partial charge in [0.15, 0.2) is 17.0 Å². The van der Waals surface area contributed by atoms with Gasteiger partial charge in [-0.25, -0.2) is 13.8 Å².